The number of nitrogens with zero attached hydrogens (tertiary/aromatic N) is 1. The Labute approximate surface area is 118 Å². The lowest BCUT2D eigenvalue weighted by molar-refractivity contribution is -0.0364. The van der Waals surface area contributed by atoms with Crippen molar-refractivity contribution in [3.8, 4) is 0 Å². The van der Waals surface area contributed by atoms with Crippen LogP contribution in [0, 0.1) is 11.6 Å². The Morgan fingerprint density at radius 1 is 1.42 bits per heavy atom. The molecule has 0 saturated carbocycles. The second kappa shape index (κ2) is 7.14. The fourth-order valence-electron chi connectivity index (χ4n) is 2.22. The third-order valence-electron chi connectivity index (χ3n) is 3.41. The van der Waals surface area contributed by atoms with Crippen LogP contribution in [0.5, 0.6) is 0 Å². The van der Waals surface area contributed by atoms with Gasteiger partial charge >= 0.3 is 0 Å². The van der Waals surface area contributed by atoms with Crippen molar-refractivity contribution in [2.75, 3.05) is 26.2 Å². The van der Waals surface area contributed by atoms with Crippen LogP contribution < -0.4 is 5.73 Å². The predicted molar refractivity (Wildman–Crippen MR) is 72.4 cm³/mol. The van der Waals surface area contributed by atoms with Crippen LogP contribution in [0.25, 0.3) is 0 Å². The molecule has 2 rings (SSSR count). The molecule has 3 nitrogen and oxygen atoms in total. The number of benzene rings is 1. The molecule has 1 fully saturated rings. The van der Waals surface area contributed by atoms with Crippen molar-refractivity contribution in [3.63, 3.8) is 0 Å². The first-order valence-electron chi connectivity index (χ1n) is 6.12. The number of morpholine rings is 1. The molecule has 2 N–H and O–H groups in total. The van der Waals surface area contributed by atoms with Gasteiger partial charge < -0.3 is 10.5 Å². The summed E-state index contributed by atoms with van der Waals surface area (Å²) in [5, 5.41) is 0. The zero-order valence-corrected chi connectivity index (χ0v) is 11.6. The van der Waals surface area contributed by atoms with E-state index < -0.39 is 11.6 Å². The Balaban J connectivity index is 0.00000180. The molecule has 0 spiro atoms. The summed E-state index contributed by atoms with van der Waals surface area (Å²) in [7, 11) is 0. The van der Waals surface area contributed by atoms with Gasteiger partial charge in [0.05, 0.1) is 12.7 Å². The van der Waals surface area contributed by atoms with Crippen LogP contribution in [0.3, 0.4) is 0 Å². The Morgan fingerprint density at radius 2 is 2.16 bits per heavy atom. The van der Waals surface area contributed by atoms with E-state index in [0.717, 1.165) is 18.7 Å². The van der Waals surface area contributed by atoms with E-state index in [0.29, 0.717) is 13.2 Å². The lowest BCUT2D eigenvalue weighted by Crippen LogP contribution is -2.46. The van der Waals surface area contributed by atoms with Crippen LogP contribution in [-0.4, -0.2) is 37.2 Å². The van der Waals surface area contributed by atoms with Gasteiger partial charge in [-0.15, -0.1) is 12.4 Å². The number of nitrogens with two attached hydrogens (primary N) is 1. The summed E-state index contributed by atoms with van der Waals surface area (Å²) in [5.41, 5.74) is 6.36. The van der Waals surface area contributed by atoms with Gasteiger partial charge in [0.2, 0.25) is 0 Å². The fourth-order valence-corrected chi connectivity index (χ4v) is 2.22. The number of halogens is 3. The zero-order valence-electron chi connectivity index (χ0n) is 10.8. The molecule has 19 heavy (non-hydrogen) atoms. The molecule has 1 unspecified atom stereocenters. The molecule has 1 saturated heterocycles. The predicted octanol–water partition coefficient (Wildman–Crippen LogP) is 2.11. The summed E-state index contributed by atoms with van der Waals surface area (Å²) in [5.74, 6) is -1.62. The molecule has 0 amide bonds. The third-order valence-corrected chi connectivity index (χ3v) is 3.41. The minimum absolute atomic E-state index is 0. The average Bonchev–Trinajstić information content (AvgIpc) is 2.41. The molecule has 0 radical (unpaired) electrons. The fraction of sp³-hybridized carbons (Fsp3) is 0.538. The van der Waals surface area contributed by atoms with Gasteiger partial charge in [0.1, 0.15) is 0 Å². The molecule has 0 bridgehead atoms. The van der Waals surface area contributed by atoms with Crippen molar-refractivity contribution in [1.29, 1.82) is 0 Å². The van der Waals surface area contributed by atoms with Gasteiger partial charge in [-0.1, -0.05) is 6.07 Å². The molecular formula is C13H19ClF2N2O. The highest BCUT2D eigenvalue weighted by atomic mass is 35.5. The summed E-state index contributed by atoms with van der Waals surface area (Å²) < 4.78 is 31.6. The number of rotatable bonds is 3. The molecule has 1 aliphatic rings. The monoisotopic (exact) mass is 292 g/mol. The van der Waals surface area contributed by atoms with Crippen LogP contribution >= 0.6 is 12.4 Å². The smallest absolute Gasteiger partial charge is 0.159 e. The van der Waals surface area contributed by atoms with E-state index in [4.69, 9.17) is 10.5 Å². The lowest BCUT2D eigenvalue weighted by Gasteiger charge is -2.36. The van der Waals surface area contributed by atoms with Crippen LogP contribution in [-0.2, 0) is 4.74 Å². The normalized spacial score (nSPS) is 21.8. The van der Waals surface area contributed by atoms with Crippen molar-refractivity contribution >= 4 is 12.4 Å². The van der Waals surface area contributed by atoms with Crippen molar-refractivity contribution in [2.45, 2.75) is 19.1 Å². The lowest BCUT2D eigenvalue weighted by atomic mass is 10.1. The topological polar surface area (TPSA) is 38.5 Å². The molecular weight excluding hydrogens is 274 g/mol. The first-order valence-corrected chi connectivity index (χ1v) is 6.12. The highest BCUT2D eigenvalue weighted by molar-refractivity contribution is 5.85. The van der Waals surface area contributed by atoms with Gasteiger partial charge in [-0.2, -0.15) is 0 Å². The van der Waals surface area contributed by atoms with E-state index in [2.05, 4.69) is 4.90 Å². The Bertz CT molecular complexity index is 420. The van der Waals surface area contributed by atoms with Crippen molar-refractivity contribution in [2.24, 2.45) is 5.73 Å². The van der Waals surface area contributed by atoms with Gasteiger partial charge in [-0.05, 0) is 24.6 Å². The number of hydrogen-bond acceptors (Lipinski definition) is 3. The largest absolute Gasteiger partial charge is 0.374 e. The summed E-state index contributed by atoms with van der Waals surface area (Å²) in [6.07, 6.45) is 0.0199. The molecule has 1 aliphatic heterocycles. The van der Waals surface area contributed by atoms with Crippen LogP contribution in [0.2, 0.25) is 0 Å². The average molecular weight is 293 g/mol. The molecule has 6 heteroatoms. The Morgan fingerprint density at radius 3 is 2.79 bits per heavy atom. The summed E-state index contributed by atoms with van der Waals surface area (Å²) >= 11 is 0. The quantitative estimate of drug-likeness (QED) is 0.927. The summed E-state index contributed by atoms with van der Waals surface area (Å²) in [6, 6.07) is 4.07. The van der Waals surface area contributed by atoms with E-state index in [9.17, 15) is 8.78 Å². The van der Waals surface area contributed by atoms with Gasteiger partial charge in [-0.25, -0.2) is 8.78 Å². The van der Waals surface area contributed by atoms with E-state index in [-0.39, 0.29) is 24.6 Å². The molecule has 108 valence electrons. The van der Waals surface area contributed by atoms with Crippen molar-refractivity contribution in [1.82, 2.24) is 4.90 Å². The third kappa shape index (κ3) is 3.86. The van der Waals surface area contributed by atoms with E-state index >= 15 is 0 Å². The van der Waals surface area contributed by atoms with E-state index in [1.165, 1.54) is 12.1 Å². The molecule has 1 aromatic rings. The summed E-state index contributed by atoms with van der Waals surface area (Å²) in [6.45, 7) is 4.57. The summed E-state index contributed by atoms with van der Waals surface area (Å²) in [4.78, 5) is 2.17. The van der Waals surface area contributed by atoms with Crippen LogP contribution in [0.1, 0.15) is 18.5 Å². The molecule has 0 aliphatic carbocycles. The second-order valence-corrected chi connectivity index (χ2v) is 4.57. The van der Waals surface area contributed by atoms with Crippen LogP contribution in [0.4, 0.5) is 8.78 Å². The van der Waals surface area contributed by atoms with Gasteiger partial charge in [0.15, 0.2) is 11.6 Å². The maximum atomic E-state index is 13.2. The SMILES string of the molecule is CC(c1ccc(F)c(F)c1)N1CCO[C@@H](CN)C1.Cl. The van der Waals surface area contributed by atoms with Gasteiger partial charge in [0, 0.05) is 25.7 Å². The first kappa shape index (κ1) is 16.3. The van der Waals surface area contributed by atoms with E-state index in [1.807, 2.05) is 6.92 Å². The highest BCUT2D eigenvalue weighted by Gasteiger charge is 2.24. The maximum absolute atomic E-state index is 13.2. The Hall–Kier alpha value is -0.750. The standard InChI is InChI=1S/C13H18F2N2O.ClH/c1-9(10-2-3-12(14)13(15)6-10)17-4-5-18-11(7-16)8-17;/h2-3,6,9,11H,4-5,7-8,16H2,1H3;1H/t9?,11-;/m0./s1. The number of ether oxygens (including phenoxy) is 1. The molecule has 1 aromatic carbocycles. The van der Waals surface area contributed by atoms with E-state index in [1.54, 1.807) is 6.07 Å². The van der Waals surface area contributed by atoms with Gasteiger partial charge in [-0.3, -0.25) is 4.90 Å². The number of hydrogen-bond donors (Lipinski definition) is 1. The zero-order chi connectivity index (χ0) is 13.1. The Kier molecular flexibility index (Phi) is 6.13. The molecule has 0 aromatic heterocycles. The minimum atomic E-state index is -0.812. The minimum Gasteiger partial charge on any atom is -0.374 e. The molecule has 2 atom stereocenters. The van der Waals surface area contributed by atoms with Gasteiger partial charge in [0.25, 0.3) is 0 Å². The first-order chi connectivity index (χ1) is 8.61. The van der Waals surface area contributed by atoms with Crippen molar-refractivity contribution in [3.05, 3.63) is 35.4 Å². The highest BCUT2D eigenvalue weighted by Crippen LogP contribution is 2.23. The van der Waals surface area contributed by atoms with Crippen LogP contribution in [0.15, 0.2) is 18.2 Å². The maximum Gasteiger partial charge on any atom is 0.159 e. The van der Waals surface area contributed by atoms with Crippen molar-refractivity contribution < 1.29 is 13.5 Å². The second-order valence-electron chi connectivity index (χ2n) is 4.57. The molecule has 1 heterocycles.